The zero-order chi connectivity index (χ0) is 14.7. The smallest absolute Gasteiger partial charge is 0.0741 e. The first-order valence-electron chi connectivity index (χ1n) is 6.39. The fourth-order valence-corrected chi connectivity index (χ4v) is 2.14. The summed E-state index contributed by atoms with van der Waals surface area (Å²) in [7, 11) is 0. The second-order valence-electron chi connectivity index (χ2n) is 4.27. The third-order valence-corrected chi connectivity index (χ3v) is 5.22. The van der Waals surface area contributed by atoms with Crippen molar-refractivity contribution in [2.24, 2.45) is 0 Å². The highest BCUT2D eigenvalue weighted by atomic mass is 79.9. The largest absolute Gasteiger partial charge is 0.391 e. The summed E-state index contributed by atoms with van der Waals surface area (Å²) in [6, 6.07) is 0. The van der Waals surface area contributed by atoms with Gasteiger partial charge in [-0.1, -0.05) is 47.0 Å². The van der Waals surface area contributed by atoms with Crippen molar-refractivity contribution in [2.45, 2.75) is 54.3 Å². The molecule has 108 valence electrons. The van der Waals surface area contributed by atoms with Crippen molar-refractivity contribution in [3.8, 4) is 12.3 Å². The Morgan fingerprint density at radius 2 is 1.74 bits per heavy atom. The Labute approximate surface area is 135 Å². The van der Waals surface area contributed by atoms with Crippen molar-refractivity contribution >= 4 is 39.1 Å². The molecule has 0 unspecified atom stereocenters. The standard InChI is InChI=1S/C15H21BrCl2O/c1-3-5-6-11-15(19)14(18)10-8-7-9-13(17)12(16)4-2/h1,5-8,12-15,19H,4,9-11H2,2H3/t12-,13+,14-,15+/m0/s1. The number of allylic oxidation sites excluding steroid dienone is 3. The molecule has 0 aromatic carbocycles. The Bertz CT molecular complexity index is 323. The van der Waals surface area contributed by atoms with Gasteiger partial charge in [0.1, 0.15) is 0 Å². The maximum atomic E-state index is 9.76. The molecule has 0 aliphatic heterocycles. The van der Waals surface area contributed by atoms with Gasteiger partial charge in [0.25, 0.3) is 0 Å². The summed E-state index contributed by atoms with van der Waals surface area (Å²) in [4.78, 5) is 0.324. The molecule has 1 N–H and O–H groups in total. The topological polar surface area (TPSA) is 20.2 Å². The predicted molar refractivity (Wildman–Crippen MR) is 89.3 cm³/mol. The van der Waals surface area contributed by atoms with E-state index in [1.54, 1.807) is 12.2 Å². The molecule has 0 heterocycles. The van der Waals surface area contributed by atoms with E-state index in [0.717, 1.165) is 12.8 Å². The summed E-state index contributed by atoms with van der Waals surface area (Å²) >= 11 is 15.8. The lowest BCUT2D eigenvalue weighted by molar-refractivity contribution is 0.172. The van der Waals surface area contributed by atoms with Gasteiger partial charge in [-0.25, -0.2) is 0 Å². The summed E-state index contributed by atoms with van der Waals surface area (Å²) in [5.41, 5.74) is 0. The molecular formula is C15H21BrCl2O. The Morgan fingerprint density at radius 1 is 1.16 bits per heavy atom. The van der Waals surface area contributed by atoms with Crippen molar-refractivity contribution in [1.82, 2.24) is 0 Å². The summed E-state index contributed by atoms with van der Waals surface area (Å²) < 4.78 is 0. The van der Waals surface area contributed by atoms with Gasteiger partial charge in [-0.2, -0.15) is 0 Å². The van der Waals surface area contributed by atoms with E-state index in [4.69, 9.17) is 29.6 Å². The third kappa shape index (κ3) is 9.57. The van der Waals surface area contributed by atoms with Crippen LogP contribution in [0, 0.1) is 12.3 Å². The van der Waals surface area contributed by atoms with Crippen LogP contribution in [0.15, 0.2) is 24.3 Å². The van der Waals surface area contributed by atoms with Gasteiger partial charge in [-0.05, 0) is 31.8 Å². The number of aliphatic hydroxyl groups excluding tert-OH is 1. The fraction of sp³-hybridized carbons (Fsp3) is 0.600. The molecule has 0 saturated carbocycles. The quantitative estimate of drug-likeness (QED) is 0.357. The molecular weight excluding hydrogens is 347 g/mol. The van der Waals surface area contributed by atoms with Crippen LogP contribution >= 0.6 is 39.1 Å². The lowest BCUT2D eigenvalue weighted by atomic mass is 10.1. The number of rotatable bonds is 9. The van der Waals surface area contributed by atoms with E-state index in [2.05, 4.69) is 28.8 Å². The summed E-state index contributed by atoms with van der Waals surface area (Å²) in [6.45, 7) is 2.09. The normalized spacial score (nSPS) is 18.3. The van der Waals surface area contributed by atoms with Crippen LogP contribution in [0.4, 0.5) is 0 Å². The van der Waals surface area contributed by atoms with Crippen LogP contribution in [0.25, 0.3) is 0 Å². The van der Waals surface area contributed by atoms with Crippen molar-refractivity contribution < 1.29 is 5.11 Å². The average Bonchev–Trinajstić information content (AvgIpc) is 2.42. The lowest BCUT2D eigenvalue weighted by Crippen LogP contribution is -2.19. The van der Waals surface area contributed by atoms with E-state index in [9.17, 15) is 5.11 Å². The van der Waals surface area contributed by atoms with Crippen molar-refractivity contribution in [2.75, 3.05) is 0 Å². The zero-order valence-electron chi connectivity index (χ0n) is 11.1. The van der Waals surface area contributed by atoms with Crippen LogP contribution in [-0.4, -0.2) is 26.8 Å². The summed E-state index contributed by atoms with van der Waals surface area (Å²) in [5.74, 6) is 2.37. The molecule has 0 amide bonds. The lowest BCUT2D eigenvalue weighted by Gasteiger charge is -2.14. The second-order valence-corrected chi connectivity index (χ2v) is 6.57. The monoisotopic (exact) mass is 366 g/mol. The number of alkyl halides is 3. The molecule has 0 saturated heterocycles. The van der Waals surface area contributed by atoms with Gasteiger partial charge in [0, 0.05) is 10.2 Å². The van der Waals surface area contributed by atoms with Gasteiger partial charge >= 0.3 is 0 Å². The number of aliphatic hydroxyl groups is 1. The number of halogens is 3. The second kappa shape index (κ2) is 11.9. The molecule has 0 bridgehead atoms. The minimum atomic E-state index is -0.581. The predicted octanol–water partition coefficient (Wildman–Crippen LogP) is 4.65. The Balaban J connectivity index is 3.92. The van der Waals surface area contributed by atoms with Crippen LogP contribution in [0.3, 0.4) is 0 Å². The first kappa shape index (κ1) is 19.1. The molecule has 1 nitrogen and oxygen atoms in total. The van der Waals surface area contributed by atoms with Crippen molar-refractivity contribution in [3.63, 3.8) is 0 Å². The highest BCUT2D eigenvalue weighted by Crippen LogP contribution is 2.19. The molecule has 0 spiro atoms. The molecule has 0 aromatic heterocycles. The minimum absolute atomic E-state index is 0.0820. The van der Waals surface area contributed by atoms with Gasteiger partial charge in [0.15, 0.2) is 0 Å². The highest BCUT2D eigenvalue weighted by molar-refractivity contribution is 9.09. The third-order valence-electron chi connectivity index (χ3n) is 2.68. The Hall–Kier alpha value is 0.0600. The van der Waals surface area contributed by atoms with E-state index in [1.165, 1.54) is 0 Å². The molecule has 0 rings (SSSR count). The minimum Gasteiger partial charge on any atom is -0.391 e. The molecule has 0 fully saturated rings. The number of terminal acetylenes is 1. The van der Waals surface area contributed by atoms with Gasteiger partial charge in [-0.15, -0.1) is 29.6 Å². The number of hydrogen-bond donors (Lipinski definition) is 1. The molecule has 19 heavy (non-hydrogen) atoms. The van der Waals surface area contributed by atoms with E-state index in [1.807, 2.05) is 12.2 Å². The van der Waals surface area contributed by atoms with Gasteiger partial charge in [0.05, 0.1) is 11.5 Å². The molecule has 4 heteroatoms. The average molecular weight is 368 g/mol. The molecule has 0 aliphatic carbocycles. The first-order valence-corrected chi connectivity index (χ1v) is 8.18. The van der Waals surface area contributed by atoms with Crippen LogP contribution in [0.1, 0.15) is 32.6 Å². The van der Waals surface area contributed by atoms with Crippen LogP contribution in [-0.2, 0) is 0 Å². The molecule has 0 aliphatic rings. The summed E-state index contributed by atoms with van der Waals surface area (Å²) in [6.07, 6.45) is 14.7. The fourth-order valence-electron chi connectivity index (χ4n) is 1.44. The van der Waals surface area contributed by atoms with Crippen LogP contribution in [0.2, 0.25) is 0 Å². The van der Waals surface area contributed by atoms with Gasteiger partial charge in [0.2, 0.25) is 0 Å². The maximum absolute atomic E-state index is 9.76. The van der Waals surface area contributed by atoms with E-state index in [-0.39, 0.29) is 10.8 Å². The van der Waals surface area contributed by atoms with E-state index < -0.39 is 6.10 Å². The maximum Gasteiger partial charge on any atom is 0.0741 e. The summed E-state index contributed by atoms with van der Waals surface area (Å²) in [5, 5.41) is 9.53. The van der Waals surface area contributed by atoms with Gasteiger partial charge < -0.3 is 5.11 Å². The molecule has 4 atom stereocenters. The highest BCUT2D eigenvalue weighted by Gasteiger charge is 2.14. The SMILES string of the molecule is C#CC=CC[C@@H](O)[C@@H](Cl)CC=CC[C@@H](Cl)[C@@H](Br)CC. The number of hydrogen-bond acceptors (Lipinski definition) is 1. The van der Waals surface area contributed by atoms with Crippen molar-refractivity contribution in [1.29, 1.82) is 0 Å². The van der Waals surface area contributed by atoms with E-state index >= 15 is 0 Å². The molecule has 0 aromatic rings. The molecule has 0 radical (unpaired) electrons. The van der Waals surface area contributed by atoms with Crippen LogP contribution in [0.5, 0.6) is 0 Å². The van der Waals surface area contributed by atoms with Gasteiger partial charge in [-0.3, -0.25) is 0 Å². The van der Waals surface area contributed by atoms with E-state index in [0.29, 0.717) is 17.7 Å². The first-order chi connectivity index (χ1) is 9.02. The zero-order valence-corrected chi connectivity index (χ0v) is 14.2. The Morgan fingerprint density at radius 3 is 2.26 bits per heavy atom. The van der Waals surface area contributed by atoms with Crippen LogP contribution < -0.4 is 0 Å². The van der Waals surface area contributed by atoms with Crippen molar-refractivity contribution in [3.05, 3.63) is 24.3 Å². The Kier molecular flexibility index (Phi) is 11.9.